The Morgan fingerprint density at radius 2 is 1.52 bits per heavy atom. The number of benzene rings is 2. The summed E-state index contributed by atoms with van der Waals surface area (Å²) < 4.78 is 11.7. The van der Waals surface area contributed by atoms with Crippen molar-refractivity contribution in [1.82, 2.24) is 4.90 Å². The second-order valence-corrected chi connectivity index (χ2v) is 7.00. The van der Waals surface area contributed by atoms with Gasteiger partial charge in [-0.1, -0.05) is 60.7 Å². The van der Waals surface area contributed by atoms with E-state index in [0.29, 0.717) is 6.61 Å². The number of carbonyl (C=O) groups is 1. The number of hydrogen-bond donors (Lipinski definition) is 0. The lowest BCUT2D eigenvalue weighted by atomic mass is 9.97. The molecule has 4 heteroatoms. The Hall–Kier alpha value is -2.17. The van der Waals surface area contributed by atoms with Crippen molar-refractivity contribution >= 4 is 5.97 Å². The Morgan fingerprint density at radius 1 is 1.00 bits per heavy atom. The van der Waals surface area contributed by atoms with Crippen LogP contribution in [0.2, 0.25) is 0 Å². The number of carbonyl (C=O) groups excluding carboxylic acids is 1. The first-order valence-corrected chi connectivity index (χ1v) is 9.85. The highest BCUT2D eigenvalue weighted by Gasteiger charge is 2.29. The zero-order valence-electron chi connectivity index (χ0n) is 16.2. The Labute approximate surface area is 162 Å². The van der Waals surface area contributed by atoms with Crippen molar-refractivity contribution in [2.45, 2.75) is 39.0 Å². The average Bonchev–Trinajstić information content (AvgIpc) is 2.73. The minimum absolute atomic E-state index is 0.0208. The summed E-state index contributed by atoms with van der Waals surface area (Å²) in [6, 6.07) is 20.7. The molecule has 0 aliphatic carbocycles. The zero-order valence-corrected chi connectivity index (χ0v) is 16.2. The van der Waals surface area contributed by atoms with Crippen molar-refractivity contribution in [2.75, 3.05) is 19.7 Å². The lowest BCUT2D eigenvalue weighted by Gasteiger charge is -2.36. The lowest BCUT2D eigenvalue weighted by Crippen LogP contribution is -2.43. The molecular formula is C23H29NO3. The van der Waals surface area contributed by atoms with Crippen LogP contribution in [0.1, 0.15) is 43.9 Å². The van der Waals surface area contributed by atoms with Gasteiger partial charge in [0.15, 0.2) is 0 Å². The zero-order chi connectivity index (χ0) is 19.1. The third kappa shape index (κ3) is 5.18. The highest BCUT2D eigenvalue weighted by atomic mass is 16.5. The van der Waals surface area contributed by atoms with Crippen LogP contribution in [0.5, 0.6) is 0 Å². The molecule has 0 amide bonds. The van der Waals surface area contributed by atoms with Crippen molar-refractivity contribution < 1.29 is 14.3 Å². The maximum absolute atomic E-state index is 12.0. The van der Waals surface area contributed by atoms with E-state index in [1.54, 1.807) is 0 Å². The minimum Gasteiger partial charge on any atom is -0.466 e. The Kier molecular flexibility index (Phi) is 7.02. The van der Waals surface area contributed by atoms with Crippen molar-refractivity contribution in [3.63, 3.8) is 0 Å². The van der Waals surface area contributed by atoms with Crippen LogP contribution in [-0.2, 0) is 14.3 Å². The van der Waals surface area contributed by atoms with E-state index in [2.05, 4.69) is 36.1 Å². The Balaban J connectivity index is 1.65. The molecule has 1 heterocycles. The molecule has 27 heavy (non-hydrogen) atoms. The van der Waals surface area contributed by atoms with Gasteiger partial charge in [-0.2, -0.15) is 0 Å². The highest BCUT2D eigenvalue weighted by Crippen LogP contribution is 2.29. The summed E-state index contributed by atoms with van der Waals surface area (Å²) in [5.74, 6) is -0.0374. The SMILES string of the molecule is CCOC(=O)C1CCN(C(C)OC(c2ccccc2)c2ccccc2)CC1. The van der Waals surface area contributed by atoms with E-state index >= 15 is 0 Å². The first-order chi connectivity index (χ1) is 13.2. The highest BCUT2D eigenvalue weighted by molar-refractivity contribution is 5.72. The Morgan fingerprint density at radius 3 is 2.00 bits per heavy atom. The quantitative estimate of drug-likeness (QED) is 0.680. The van der Waals surface area contributed by atoms with E-state index in [1.807, 2.05) is 43.3 Å². The first-order valence-electron chi connectivity index (χ1n) is 9.85. The van der Waals surface area contributed by atoms with Gasteiger partial charge < -0.3 is 9.47 Å². The van der Waals surface area contributed by atoms with Gasteiger partial charge in [-0.25, -0.2) is 0 Å². The number of piperidine rings is 1. The average molecular weight is 367 g/mol. The maximum atomic E-state index is 12.0. The third-order valence-electron chi connectivity index (χ3n) is 5.20. The molecule has 2 aromatic carbocycles. The molecule has 4 nitrogen and oxygen atoms in total. The van der Waals surface area contributed by atoms with Crippen LogP contribution in [0.4, 0.5) is 0 Å². The second-order valence-electron chi connectivity index (χ2n) is 7.00. The number of hydrogen-bond acceptors (Lipinski definition) is 4. The Bertz CT molecular complexity index is 657. The molecule has 0 saturated carbocycles. The van der Waals surface area contributed by atoms with E-state index in [1.165, 1.54) is 0 Å². The van der Waals surface area contributed by atoms with Crippen molar-refractivity contribution in [2.24, 2.45) is 5.92 Å². The molecule has 0 radical (unpaired) electrons. The molecule has 1 aliphatic heterocycles. The molecule has 0 N–H and O–H groups in total. The second kappa shape index (κ2) is 9.67. The molecule has 1 fully saturated rings. The van der Waals surface area contributed by atoms with E-state index in [-0.39, 0.29) is 24.2 Å². The predicted octanol–water partition coefficient (Wildman–Crippen LogP) is 4.41. The van der Waals surface area contributed by atoms with Crippen LogP contribution in [0.3, 0.4) is 0 Å². The largest absolute Gasteiger partial charge is 0.466 e. The third-order valence-corrected chi connectivity index (χ3v) is 5.20. The fourth-order valence-corrected chi connectivity index (χ4v) is 3.65. The number of nitrogens with zero attached hydrogens (tertiary/aromatic N) is 1. The van der Waals surface area contributed by atoms with Gasteiger partial charge >= 0.3 is 5.97 Å². The summed E-state index contributed by atoms with van der Waals surface area (Å²) in [6.07, 6.45) is 1.52. The van der Waals surface area contributed by atoms with Gasteiger partial charge in [0.1, 0.15) is 12.3 Å². The van der Waals surface area contributed by atoms with Crippen LogP contribution in [0, 0.1) is 5.92 Å². The van der Waals surface area contributed by atoms with Gasteiger partial charge in [-0.05, 0) is 37.8 Å². The fraction of sp³-hybridized carbons (Fsp3) is 0.435. The molecule has 1 aliphatic rings. The smallest absolute Gasteiger partial charge is 0.309 e. The summed E-state index contributed by atoms with van der Waals surface area (Å²) in [5, 5.41) is 0. The summed E-state index contributed by atoms with van der Waals surface area (Å²) in [4.78, 5) is 14.3. The maximum Gasteiger partial charge on any atom is 0.309 e. The number of rotatable bonds is 7. The molecule has 2 aromatic rings. The lowest BCUT2D eigenvalue weighted by molar-refractivity contribution is -0.151. The van der Waals surface area contributed by atoms with E-state index in [4.69, 9.17) is 9.47 Å². The van der Waals surface area contributed by atoms with Gasteiger partial charge in [0.2, 0.25) is 0 Å². The van der Waals surface area contributed by atoms with Crippen molar-refractivity contribution in [3.8, 4) is 0 Å². The van der Waals surface area contributed by atoms with Gasteiger partial charge in [0.25, 0.3) is 0 Å². The topological polar surface area (TPSA) is 38.8 Å². The van der Waals surface area contributed by atoms with Gasteiger partial charge in [-0.3, -0.25) is 9.69 Å². The molecule has 0 spiro atoms. The van der Waals surface area contributed by atoms with Crippen molar-refractivity contribution in [1.29, 1.82) is 0 Å². The number of esters is 1. The van der Waals surface area contributed by atoms with Crippen LogP contribution in [0.15, 0.2) is 60.7 Å². The van der Waals surface area contributed by atoms with E-state index in [0.717, 1.165) is 37.1 Å². The summed E-state index contributed by atoms with van der Waals surface area (Å²) in [7, 11) is 0. The molecule has 144 valence electrons. The fourth-order valence-electron chi connectivity index (χ4n) is 3.65. The molecule has 1 unspecified atom stereocenters. The standard InChI is InChI=1S/C23H29NO3/c1-3-26-23(25)21-14-16-24(17-15-21)18(2)27-22(19-10-6-4-7-11-19)20-12-8-5-9-13-20/h4-13,18,21-22H,3,14-17H2,1-2H3. The van der Waals surface area contributed by atoms with Crippen LogP contribution in [-0.4, -0.2) is 36.8 Å². The van der Waals surface area contributed by atoms with Crippen LogP contribution in [0.25, 0.3) is 0 Å². The monoisotopic (exact) mass is 367 g/mol. The van der Waals surface area contributed by atoms with E-state index < -0.39 is 0 Å². The van der Waals surface area contributed by atoms with Gasteiger partial charge in [0.05, 0.1) is 12.5 Å². The molecular weight excluding hydrogens is 338 g/mol. The molecule has 1 saturated heterocycles. The molecule has 0 bridgehead atoms. The van der Waals surface area contributed by atoms with Crippen LogP contribution < -0.4 is 0 Å². The molecule has 3 rings (SSSR count). The van der Waals surface area contributed by atoms with Crippen molar-refractivity contribution in [3.05, 3.63) is 71.8 Å². The van der Waals surface area contributed by atoms with Gasteiger partial charge in [-0.15, -0.1) is 0 Å². The number of likely N-dealkylation sites (tertiary alicyclic amines) is 1. The predicted molar refractivity (Wildman–Crippen MR) is 106 cm³/mol. The van der Waals surface area contributed by atoms with Crippen LogP contribution >= 0.6 is 0 Å². The summed E-state index contributed by atoms with van der Waals surface area (Å²) >= 11 is 0. The summed E-state index contributed by atoms with van der Waals surface area (Å²) in [6.45, 7) is 6.11. The summed E-state index contributed by atoms with van der Waals surface area (Å²) in [5.41, 5.74) is 2.30. The number of ether oxygens (including phenoxy) is 2. The van der Waals surface area contributed by atoms with E-state index in [9.17, 15) is 4.79 Å². The first kappa shape index (κ1) is 19.6. The molecule has 0 aromatic heterocycles. The minimum atomic E-state index is -0.106. The van der Waals surface area contributed by atoms with Gasteiger partial charge in [0, 0.05) is 13.1 Å². The molecule has 1 atom stereocenters. The normalized spacial score (nSPS) is 17.0.